The number of nitrogens with one attached hydrogen (secondary N) is 2. The highest BCUT2D eigenvalue weighted by Gasteiger charge is 2.16. The molecule has 3 N–H and O–H groups in total. The first-order chi connectivity index (χ1) is 11.6. The van der Waals surface area contributed by atoms with Crippen molar-refractivity contribution < 1.29 is 19.0 Å². The van der Waals surface area contributed by atoms with E-state index in [1.807, 2.05) is 12.1 Å². The summed E-state index contributed by atoms with van der Waals surface area (Å²) in [5.41, 5.74) is 2.62. The highest BCUT2D eigenvalue weighted by atomic mass is 19.1. The van der Waals surface area contributed by atoms with Gasteiger partial charge in [0.1, 0.15) is 11.6 Å². The Bertz CT molecular complexity index is 719. The van der Waals surface area contributed by atoms with Crippen LogP contribution in [0, 0.1) is 5.82 Å². The summed E-state index contributed by atoms with van der Waals surface area (Å²) in [5.74, 6) is 0.544. The Morgan fingerprint density at radius 2 is 2.00 bits per heavy atom. The molecule has 0 radical (unpaired) electrons. The number of aliphatic hydroxyl groups excluding tert-OH is 1. The number of rotatable bonds is 5. The number of hydrogen-bond donors (Lipinski definition) is 3. The molecule has 2 amide bonds. The molecule has 1 aliphatic rings. The van der Waals surface area contributed by atoms with Gasteiger partial charge in [-0.3, -0.25) is 0 Å². The van der Waals surface area contributed by atoms with Crippen molar-refractivity contribution in [2.75, 3.05) is 13.2 Å². The lowest BCUT2D eigenvalue weighted by molar-refractivity contribution is 0.173. The van der Waals surface area contributed by atoms with Gasteiger partial charge in [0.2, 0.25) is 0 Å². The van der Waals surface area contributed by atoms with Gasteiger partial charge in [-0.1, -0.05) is 18.2 Å². The van der Waals surface area contributed by atoms with Crippen LogP contribution in [0.15, 0.2) is 42.5 Å². The number of carbonyl (C=O) groups excluding carboxylic acids is 1. The summed E-state index contributed by atoms with van der Waals surface area (Å²) in [7, 11) is 0. The van der Waals surface area contributed by atoms with Gasteiger partial charge in [0.15, 0.2) is 0 Å². The van der Waals surface area contributed by atoms with Crippen LogP contribution in [0.2, 0.25) is 0 Å². The molecule has 2 aromatic carbocycles. The fourth-order valence-electron chi connectivity index (χ4n) is 2.57. The summed E-state index contributed by atoms with van der Waals surface area (Å²) >= 11 is 0. The maximum absolute atomic E-state index is 12.8. The second-order valence-corrected chi connectivity index (χ2v) is 5.67. The average Bonchev–Trinajstić information content (AvgIpc) is 3.06. The number of ether oxygens (including phenoxy) is 1. The molecule has 1 atom stereocenters. The number of aliphatic hydroxyl groups is 1. The Morgan fingerprint density at radius 1 is 1.21 bits per heavy atom. The normalized spacial score (nSPS) is 13.8. The molecule has 0 aliphatic carbocycles. The fraction of sp³-hybridized carbons (Fsp3) is 0.278. The maximum atomic E-state index is 12.8. The Labute approximate surface area is 139 Å². The van der Waals surface area contributed by atoms with Crippen LogP contribution in [-0.2, 0) is 13.0 Å². The van der Waals surface area contributed by atoms with Gasteiger partial charge < -0.3 is 20.5 Å². The van der Waals surface area contributed by atoms with Gasteiger partial charge in [-0.15, -0.1) is 0 Å². The predicted molar refractivity (Wildman–Crippen MR) is 87.2 cm³/mol. The lowest BCUT2D eigenvalue weighted by Gasteiger charge is -2.14. The van der Waals surface area contributed by atoms with E-state index in [1.165, 1.54) is 12.1 Å². The quantitative estimate of drug-likeness (QED) is 0.788. The minimum atomic E-state index is -0.785. The highest BCUT2D eigenvalue weighted by molar-refractivity contribution is 5.73. The smallest absolute Gasteiger partial charge is 0.315 e. The Kier molecular flexibility index (Phi) is 4.96. The predicted octanol–water partition coefficient (Wildman–Crippen LogP) is 2.29. The van der Waals surface area contributed by atoms with Gasteiger partial charge in [0.25, 0.3) is 0 Å². The largest absolute Gasteiger partial charge is 0.493 e. The molecule has 2 aromatic rings. The zero-order valence-electron chi connectivity index (χ0n) is 13.1. The first-order valence-corrected chi connectivity index (χ1v) is 7.81. The third-order valence-corrected chi connectivity index (χ3v) is 3.92. The van der Waals surface area contributed by atoms with E-state index in [4.69, 9.17) is 4.74 Å². The topological polar surface area (TPSA) is 70.6 Å². The molecule has 1 heterocycles. The summed E-state index contributed by atoms with van der Waals surface area (Å²) in [4.78, 5) is 11.8. The summed E-state index contributed by atoms with van der Waals surface area (Å²) in [6.07, 6.45) is 0.0501. The van der Waals surface area contributed by atoms with E-state index in [1.54, 1.807) is 18.2 Å². The molecule has 0 spiro atoms. The first-order valence-electron chi connectivity index (χ1n) is 7.81. The van der Waals surface area contributed by atoms with E-state index < -0.39 is 6.10 Å². The summed E-state index contributed by atoms with van der Waals surface area (Å²) in [6, 6.07) is 11.1. The zero-order chi connectivity index (χ0) is 16.9. The number of fused-ring (bicyclic) bond motifs is 1. The van der Waals surface area contributed by atoms with Crippen LogP contribution in [0.25, 0.3) is 0 Å². The molecular formula is C18H19FN2O3. The Balaban J connectivity index is 1.46. The highest BCUT2D eigenvalue weighted by Crippen LogP contribution is 2.27. The summed E-state index contributed by atoms with van der Waals surface area (Å²) < 4.78 is 18.2. The van der Waals surface area contributed by atoms with Gasteiger partial charge in [-0.05, 0) is 41.0 Å². The van der Waals surface area contributed by atoms with Crippen molar-refractivity contribution in [3.63, 3.8) is 0 Å². The lowest BCUT2D eigenvalue weighted by Crippen LogP contribution is -2.37. The number of benzene rings is 2. The molecule has 6 heteroatoms. The molecule has 24 heavy (non-hydrogen) atoms. The van der Waals surface area contributed by atoms with E-state index in [2.05, 4.69) is 10.6 Å². The lowest BCUT2D eigenvalue weighted by atomic mass is 10.0. The third kappa shape index (κ3) is 4.02. The number of urea groups is 1. The number of hydrogen-bond acceptors (Lipinski definition) is 3. The maximum Gasteiger partial charge on any atom is 0.315 e. The molecule has 1 aliphatic heterocycles. The summed E-state index contributed by atoms with van der Waals surface area (Å²) in [6.45, 7) is 1.06. The van der Waals surface area contributed by atoms with E-state index in [0.29, 0.717) is 13.2 Å². The molecule has 0 fully saturated rings. The van der Waals surface area contributed by atoms with Crippen LogP contribution in [0.3, 0.4) is 0 Å². The SMILES string of the molecule is O=C(NCc1ccc(F)cc1)NCC(O)c1ccc2c(c1)CCO2. The minimum Gasteiger partial charge on any atom is -0.493 e. The molecular weight excluding hydrogens is 311 g/mol. The minimum absolute atomic E-state index is 0.106. The van der Waals surface area contributed by atoms with E-state index in [9.17, 15) is 14.3 Å². The van der Waals surface area contributed by atoms with Crippen molar-refractivity contribution in [2.24, 2.45) is 0 Å². The van der Waals surface area contributed by atoms with Crippen molar-refractivity contribution in [3.05, 3.63) is 65.0 Å². The molecule has 1 unspecified atom stereocenters. The van der Waals surface area contributed by atoms with Crippen LogP contribution in [0.1, 0.15) is 22.8 Å². The fourth-order valence-corrected chi connectivity index (χ4v) is 2.57. The number of halogens is 1. The van der Waals surface area contributed by atoms with Gasteiger partial charge in [-0.25, -0.2) is 9.18 Å². The van der Waals surface area contributed by atoms with E-state index in [-0.39, 0.29) is 18.4 Å². The van der Waals surface area contributed by atoms with Crippen molar-refractivity contribution in [3.8, 4) is 5.75 Å². The van der Waals surface area contributed by atoms with Crippen LogP contribution in [-0.4, -0.2) is 24.3 Å². The number of carbonyl (C=O) groups is 1. The zero-order valence-corrected chi connectivity index (χ0v) is 13.1. The van der Waals surface area contributed by atoms with Gasteiger partial charge in [-0.2, -0.15) is 0 Å². The van der Waals surface area contributed by atoms with Gasteiger partial charge in [0.05, 0.1) is 12.7 Å². The van der Waals surface area contributed by atoms with Crippen LogP contribution >= 0.6 is 0 Å². The summed E-state index contributed by atoms with van der Waals surface area (Å²) in [5, 5.41) is 15.5. The van der Waals surface area contributed by atoms with Gasteiger partial charge >= 0.3 is 6.03 Å². The first kappa shape index (κ1) is 16.3. The van der Waals surface area contributed by atoms with Crippen LogP contribution < -0.4 is 15.4 Å². The molecule has 0 saturated carbocycles. The van der Waals surface area contributed by atoms with Crippen LogP contribution in [0.5, 0.6) is 5.75 Å². The standard InChI is InChI=1S/C18H19FN2O3/c19-15-4-1-12(2-5-15)10-20-18(23)21-11-16(22)13-3-6-17-14(9-13)7-8-24-17/h1-6,9,16,22H,7-8,10-11H2,(H2,20,21,23). The molecule has 126 valence electrons. The second kappa shape index (κ2) is 7.31. The van der Waals surface area contributed by atoms with E-state index >= 15 is 0 Å². The molecule has 5 nitrogen and oxygen atoms in total. The second-order valence-electron chi connectivity index (χ2n) is 5.67. The Hall–Kier alpha value is -2.60. The van der Waals surface area contributed by atoms with Gasteiger partial charge in [0, 0.05) is 19.5 Å². The molecule has 0 bridgehead atoms. The van der Waals surface area contributed by atoms with Crippen LogP contribution in [0.4, 0.5) is 9.18 Å². The van der Waals surface area contributed by atoms with Crippen molar-refractivity contribution >= 4 is 6.03 Å². The molecule has 0 saturated heterocycles. The molecule has 0 aromatic heterocycles. The Morgan fingerprint density at radius 3 is 2.79 bits per heavy atom. The van der Waals surface area contributed by atoms with Crippen molar-refractivity contribution in [2.45, 2.75) is 19.1 Å². The van der Waals surface area contributed by atoms with Crippen molar-refractivity contribution in [1.29, 1.82) is 0 Å². The van der Waals surface area contributed by atoms with E-state index in [0.717, 1.165) is 28.9 Å². The molecule has 3 rings (SSSR count). The monoisotopic (exact) mass is 330 g/mol. The average molecular weight is 330 g/mol. The number of amides is 2. The van der Waals surface area contributed by atoms with Crippen molar-refractivity contribution in [1.82, 2.24) is 10.6 Å². The third-order valence-electron chi connectivity index (χ3n) is 3.92.